The van der Waals surface area contributed by atoms with Gasteiger partial charge in [0.25, 0.3) is 0 Å². The van der Waals surface area contributed by atoms with Crippen LogP contribution in [0.5, 0.6) is 0 Å². The molecule has 1 atom stereocenters. The zero-order valence-corrected chi connectivity index (χ0v) is 9.13. The SMILES string of the molecule is N#Cc1cccc(N2CCCC(CO)C2)n1. The van der Waals surface area contributed by atoms with Crippen molar-refractivity contribution >= 4 is 5.82 Å². The summed E-state index contributed by atoms with van der Waals surface area (Å²) < 4.78 is 0. The van der Waals surface area contributed by atoms with Gasteiger partial charge in [-0.2, -0.15) is 5.26 Å². The number of aliphatic hydroxyl groups is 1. The van der Waals surface area contributed by atoms with Crippen molar-refractivity contribution in [3.63, 3.8) is 0 Å². The first-order chi connectivity index (χ1) is 7.83. The molecular formula is C12H15N3O. The maximum atomic E-state index is 9.16. The van der Waals surface area contributed by atoms with E-state index >= 15 is 0 Å². The van der Waals surface area contributed by atoms with E-state index in [4.69, 9.17) is 10.4 Å². The van der Waals surface area contributed by atoms with Gasteiger partial charge in [-0.05, 0) is 30.9 Å². The van der Waals surface area contributed by atoms with E-state index in [0.29, 0.717) is 11.6 Å². The van der Waals surface area contributed by atoms with E-state index in [2.05, 4.69) is 9.88 Å². The molecule has 16 heavy (non-hydrogen) atoms. The number of hydrogen-bond acceptors (Lipinski definition) is 4. The van der Waals surface area contributed by atoms with Crippen molar-refractivity contribution in [3.8, 4) is 6.07 Å². The van der Waals surface area contributed by atoms with Gasteiger partial charge in [-0.25, -0.2) is 4.98 Å². The number of anilines is 1. The summed E-state index contributed by atoms with van der Waals surface area (Å²) in [4.78, 5) is 6.41. The molecule has 1 unspecified atom stereocenters. The third-order valence-corrected chi connectivity index (χ3v) is 2.95. The van der Waals surface area contributed by atoms with Crippen LogP contribution < -0.4 is 4.90 Å². The molecule has 4 nitrogen and oxygen atoms in total. The average Bonchev–Trinajstić information content (AvgIpc) is 2.39. The Morgan fingerprint density at radius 2 is 2.44 bits per heavy atom. The monoisotopic (exact) mass is 217 g/mol. The van der Waals surface area contributed by atoms with E-state index in [1.54, 1.807) is 6.07 Å². The molecule has 0 bridgehead atoms. The molecule has 84 valence electrons. The van der Waals surface area contributed by atoms with Crippen molar-refractivity contribution in [2.45, 2.75) is 12.8 Å². The van der Waals surface area contributed by atoms with Crippen molar-refractivity contribution in [1.82, 2.24) is 4.98 Å². The summed E-state index contributed by atoms with van der Waals surface area (Å²) in [5.41, 5.74) is 0.448. The Bertz CT molecular complexity index is 399. The summed E-state index contributed by atoms with van der Waals surface area (Å²) in [6, 6.07) is 7.52. The predicted molar refractivity (Wildman–Crippen MR) is 61.0 cm³/mol. The second kappa shape index (κ2) is 4.95. The maximum absolute atomic E-state index is 9.16. The molecule has 1 aromatic rings. The van der Waals surface area contributed by atoms with Crippen LogP contribution in [-0.2, 0) is 0 Å². The molecule has 1 aliphatic heterocycles. The minimum absolute atomic E-state index is 0.231. The summed E-state index contributed by atoms with van der Waals surface area (Å²) in [6.45, 7) is 2.02. The molecule has 2 rings (SSSR count). The van der Waals surface area contributed by atoms with Gasteiger partial charge in [-0.3, -0.25) is 0 Å². The molecule has 0 aromatic carbocycles. The summed E-state index contributed by atoms with van der Waals surface area (Å²) in [5.74, 6) is 1.18. The first-order valence-electron chi connectivity index (χ1n) is 5.56. The van der Waals surface area contributed by atoms with Gasteiger partial charge in [0.05, 0.1) is 0 Å². The van der Waals surface area contributed by atoms with Crippen LogP contribution in [0, 0.1) is 17.2 Å². The summed E-state index contributed by atoms with van der Waals surface area (Å²) in [6.07, 6.45) is 2.15. The minimum Gasteiger partial charge on any atom is -0.396 e. The zero-order chi connectivity index (χ0) is 11.4. The molecule has 0 spiro atoms. The predicted octanol–water partition coefficient (Wildman–Crippen LogP) is 1.16. The van der Waals surface area contributed by atoms with Crippen LogP contribution in [0.3, 0.4) is 0 Å². The summed E-state index contributed by atoms with van der Waals surface area (Å²) >= 11 is 0. The van der Waals surface area contributed by atoms with Gasteiger partial charge < -0.3 is 10.0 Å². The molecular weight excluding hydrogens is 202 g/mol. The standard InChI is InChI=1S/C12H15N3O/c13-7-11-4-1-5-12(14-11)15-6-2-3-10(8-15)9-16/h1,4-5,10,16H,2-3,6,8-9H2. The van der Waals surface area contributed by atoms with Gasteiger partial charge in [0.15, 0.2) is 0 Å². The minimum atomic E-state index is 0.231. The lowest BCUT2D eigenvalue weighted by molar-refractivity contribution is 0.208. The van der Waals surface area contributed by atoms with E-state index in [-0.39, 0.29) is 6.61 Å². The lowest BCUT2D eigenvalue weighted by Crippen LogP contribution is -2.37. The number of nitriles is 1. The molecule has 0 radical (unpaired) electrons. The number of rotatable bonds is 2. The Hall–Kier alpha value is -1.60. The highest BCUT2D eigenvalue weighted by Crippen LogP contribution is 2.21. The average molecular weight is 217 g/mol. The van der Waals surface area contributed by atoms with E-state index < -0.39 is 0 Å². The van der Waals surface area contributed by atoms with Crippen LogP contribution >= 0.6 is 0 Å². The fourth-order valence-electron chi connectivity index (χ4n) is 2.08. The van der Waals surface area contributed by atoms with Crippen LogP contribution in [0.25, 0.3) is 0 Å². The summed E-state index contributed by atoms with van der Waals surface area (Å²) in [5, 5.41) is 17.9. The molecule has 1 fully saturated rings. The molecule has 4 heteroatoms. The third kappa shape index (κ3) is 2.31. The number of pyridine rings is 1. The zero-order valence-electron chi connectivity index (χ0n) is 9.13. The number of aliphatic hydroxyl groups excluding tert-OH is 1. The molecule has 1 N–H and O–H groups in total. The first-order valence-corrected chi connectivity index (χ1v) is 5.56. The van der Waals surface area contributed by atoms with Gasteiger partial charge in [0.1, 0.15) is 17.6 Å². The highest BCUT2D eigenvalue weighted by atomic mass is 16.3. The first kappa shape index (κ1) is 10.9. The van der Waals surface area contributed by atoms with Crippen LogP contribution in [0.4, 0.5) is 5.82 Å². The van der Waals surface area contributed by atoms with Gasteiger partial charge in [-0.1, -0.05) is 6.07 Å². The Morgan fingerprint density at radius 1 is 1.56 bits per heavy atom. The second-order valence-corrected chi connectivity index (χ2v) is 4.13. The number of aromatic nitrogens is 1. The van der Waals surface area contributed by atoms with Crippen molar-refractivity contribution in [3.05, 3.63) is 23.9 Å². The van der Waals surface area contributed by atoms with Crippen molar-refractivity contribution in [2.24, 2.45) is 5.92 Å². The molecule has 1 saturated heterocycles. The number of piperidine rings is 1. The third-order valence-electron chi connectivity index (χ3n) is 2.95. The van der Waals surface area contributed by atoms with Crippen molar-refractivity contribution < 1.29 is 5.11 Å². The van der Waals surface area contributed by atoms with Crippen LogP contribution in [0.2, 0.25) is 0 Å². The molecule has 0 saturated carbocycles. The normalized spacial score (nSPS) is 20.5. The molecule has 0 aliphatic carbocycles. The Labute approximate surface area is 95.1 Å². The number of hydrogen-bond donors (Lipinski definition) is 1. The second-order valence-electron chi connectivity index (χ2n) is 4.13. The quantitative estimate of drug-likeness (QED) is 0.807. The fourth-order valence-corrected chi connectivity index (χ4v) is 2.08. The van der Waals surface area contributed by atoms with E-state index in [9.17, 15) is 0 Å². The Morgan fingerprint density at radius 3 is 3.19 bits per heavy atom. The van der Waals surface area contributed by atoms with Gasteiger partial charge in [0, 0.05) is 19.7 Å². The maximum Gasteiger partial charge on any atom is 0.142 e. The summed E-state index contributed by atoms with van der Waals surface area (Å²) in [7, 11) is 0. The van der Waals surface area contributed by atoms with Gasteiger partial charge in [-0.15, -0.1) is 0 Å². The topological polar surface area (TPSA) is 60.2 Å². The van der Waals surface area contributed by atoms with Crippen LogP contribution in [-0.4, -0.2) is 29.8 Å². The van der Waals surface area contributed by atoms with Crippen LogP contribution in [0.15, 0.2) is 18.2 Å². The van der Waals surface area contributed by atoms with E-state index in [0.717, 1.165) is 31.7 Å². The highest BCUT2D eigenvalue weighted by Gasteiger charge is 2.20. The molecule has 1 aromatic heterocycles. The Kier molecular flexibility index (Phi) is 3.37. The lowest BCUT2D eigenvalue weighted by atomic mass is 9.99. The smallest absolute Gasteiger partial charge is 0.142 e. The highest BCUT2D eigenvalue weighted by molar-refractivity contribution is 5.41. The molecule has 0 amide bonds. The van der Waals surface area contributed by atoms with Gasteiger partial charge in [0.2, 0.25) is 0 Å². The fraction of sp³-hybridized carbons (Fsp3) is 0.500. The van der Waals surface area contributed by atoms with E-state index in [1.807, 2.05) is 18.2 Å². The lowest BCUT2D eigenvalue weighted by Gasteiger charge is -2.32. The molecule has 2 heterocycles. The van der Waals surface area contributed by atoms with E-state index in [1.165, 1.54) is 0 Å². The number of nitrogens with zero attached hydrogens (tertiary/aromatic N) is 3. The molecule has 1 aliphatic rings. The van der Waals surface area contributed by atoms with Crippen molar-refractivity contribution in [2.75, 3.05) is 24.6 Å². The van der Waals surface area contributed by atoms with Gasteiger partial charge >= 0.3 is 0 Å². The van der Waals surface area contributed by atoms with Crippen LogP contribution in [0.1, 0.15) is 18.5 Å². The largest absolute Gasteiger partial charge is 0.396 e. The van der Waals surface area contributed by atoms with Crippen molar-refractivity contribution in [1.29, 1.82) is 5.26 Å². The Balaban J connectivity index is 2.14.